The highest BCUT2D eigenvalue weighted by Gasteiger charge is 2.05. The SMILES string of the molecule is COc1ccc(C=CC(=O)c2ccc(OCc3ccccc3)cc2)c(OC)c1. The lowest BCUT2D eigenvalue weighted by Gasteiger charge is -2.07. The second-order valence-electron chi connectivity index (χ2n) is 6.10. The third-order valence-corrected chi connectivity index (χ3v) is 4.24. The molecule has 4 nitrogen and oxygen atoms in total. The predicted octanol–water partition coefficient (Wildman–Crippen LogP) is 5.18. The van der Waals surface area contributed by atoms with E-state index in [2.05, 4.69) is 0 Å². The maximum Gasteiger partial charge on any atom is 0.185 e. The molecule has 142 valence electrons. The van der Waals surface area contributed by atoms with Crippen LogP contribution in [0.15, 0.2) is 78.9 Å². The van der Waals surface area contributed by atoms with Gasteiger partial charge >= 0.3 is 0 Å². The molecule has 28 heavy (non-hydrogen) atoms. The van der Waals surface area contributed by atoms with Crippen LogP contribution in [0.4, 0.5) is 0 Å². The molecule has 0 radical (unpaired) electrons. The summed E-state index contributed by atoms with van der Waals surface area (Å²) in [5, 5.41) is 0. The molecule has 4 heteroatoms. The Labute approximate surface area is 165 Å². The van der Waals surface area contributed by atoms with E-state index in [0.29, 0.717) is 23.7 Å². The van der Waals surface area contributed by atoms with Crippen molar-refractivity contribution >= 4 is 11.9 Å². The van der Waals surface area contributed by atoms with Crippen molar-refractivity contribution in [1.82, 2.24) is 0 Å². The molecule has 3 aromatic carbocycles. The first-order valence-corrected chi connectivity index (χ1v) is 8.91. The van der Waals surface area contributed by atoms with E-state index in [1.54, 1.807) is 50.6 Å². The van der Waals surface area contributed by atoms with Crippen molar-refractivity contribution in [2.24, 2.45) is 0 Å². The lowest BCUT2D eigenvalue weighted by Crippen LogP contribution is -1.97. The van der Waals surface area contributed by atoms with Crippen LogP contribution in [0, 0.1) is 0 Å². The van der Waals surface area contributed by atoms with Crippen LogP contribution in [0.25, 0.3) is 6.08 Å². The van der Waals surface area contributed by atoms with Gasteiger partial charge in [0.15, 0.2) is 5.78 Å². The monoisotopic (exact) mass is 374 g/mol. The average Bonchev–Trinajstić information content (AvgIpc) is 2.77. The van der Waals surface area contributed by atoms with Crippen molar-refractivity contribution < 1.29 is 19.0 Å². The van der Waals surface area contributed by atoms with Gasteiger partial charge < -0.3 is 14.2 Å². The summed E-state index contributed by atoms with van der Waals surface area (Å²) in [7, 11) is 3.18. The van der Waals surface area contributed by atoms with Gasteiger partial charge in [0, 0.05) is 17.2 Å². The summed E-state index contributed by atoms with van der Waals surface area (Å²) in [4.78, 5) is 12.4. The molecule has 0 atom stereocenters. The highest BCUT2D eigenvalue weighted by atomic mass is 16.5. The first-order valence-electron chi connectivity index (χ1n) is 8.91. The fourth-order valence-electron chi connectivity index (χ4n) is 2.67. The normalized spacial score (nSPS) is 10.6. The molecule has 0 heterocycles. The van der Waals surface area contributed by atoms with Crippen molar-refractivity contribution in [3.05, 3.63) is 95.6 Å². The van der Waals surface area contributed by atoms with E-state index in [-0.39, 0.29) is 5.78 Å². The third-order valence-electron chi connectivity index (χ3n) is 4.24. The van der Waals surface area contributed by atoms with Gasteiger partial charge in [-0.3, -0.25) is 4.79 Å². The fraction of sp³-hybridized carbons (Fsp3) is 0.125. The minimum atomic E-state index is -0.0903. The lowest BCUT2D eigenvalue weighted by molar-refractivity contribution is 0.104. The Balaban J connectivity index is 1.64. The Hall–Kier alpha value is -3.53. The summed E-state index contributed by atoms with van der Waals surface area (Å²) in [5.74, 6) is 1.98. The summed E-state index contributed by atoms with van der Waals surface area (Å²) in [6.07, 6.45) is 3.27. The smallest absolute Gasteiger partial charge is 0.185 e. The second kappa shape index (κ2) is 9.42. The molecule has 0 aliphatic carbocycles. The largest absolute Gasteiger partial charge is 0.497 e. The molecule has 0 fully saturated rings. The van der Waals surface area contributed by atoms with Gasteiger partial charge in [-0.2, -0.15) is 0 Å². The zero-order chi connectivity index (χ0) is 19.8. The summed E-state index contributed by atoms with van der Waals surface area (Å²) in [5.41, 5.74) is 2.49. The highest BCUT2D eigenvalue weighted by Crippen LogP contribution is 2.25. The number of ketones is 1. The highest BCUT2D eigenvalue weighted by molar-refractivity contribution is 6.07. The molecule has 0 saturated carbocycles. The van der Waals surface area contributed by atoms with E-state index in [1.807, 2.05) is 42.5 Å². The number of carbonyl (C=O) groups is 1. The number of carbonyl (C=O) groups excluding carboxylic acids is 1. The van der Waals surface area contributed by atoms with Gasteiger partial charge in [0.2, 0.25) is 0 Å². The molecule has 0 saturated heterocycles. The molecule has 0 unspecified atom stereocenters. The minimum Gasteiger partial charge on any atom is -0.497 e. The number of hydrogen-bond acceptors (Lipinski definition) is 4. The minimum absolute atomic E-state index is 0.0903. The first kappa shape index (κ1) is 19.2. The van der Waals surface area contributed by atoms with Gasteiger partial charge in [0.25, 0.3) is 0 Å². The summed E-state index contributed by atoms with van der Waals surface area (Å²) in [6.45, 7) is 0.491. The van der Waals surface area contributed by atoms with E-state index in [9.17, 15) is 4.79 Å². The van der Waals surface area contributed by atoms with E-state index in [4.69, 9.17) is 14.2 Å². The van der Waals surface area contributed by atoms with Crippen LogP contribution in [0.1, 0.15) is 21.5 Å². The predicted molar refractivity (Wildman–Crippen MR) is 110 cm³/mol. The summed E-state index contributed by atoms with van der Waals surface area (Å²) in [6, 6.07) is 22.5. The van der Waals surface area contributed by atoms with Crippen molar-refractivity contribution in [2.45, 2.75) is 6.61 Å². The lowest BCUT2D eigenvalue weighted by atomic mass is 10.1. The Morgan fingerprint density at radius 1 is 0.857 bits per heavy atom. The molecule has 3 aromatic rings. The molecule has 0 aromatic heterocycles. The number of methoxy groups -OCH3 is 2. The van der Waals surface area contributed by atoms with E-state index >= 15 is 0 Å². The van der Waals surface area contributed by atoms with Gasteiger partial charge in [-0.15, -0.1) is 0 Å². The van der Waals surface area contributed by atoms with Crippen molar-refractivity contribution in [1.29, 1.82) is 0 Å². The van der Waals surface area contributed by atoms with Gasteiger partial charge in [-0.25, -0.2) is 0 Å². The van der Waals surface area contributed by atoms with Crippen LogP contribution >= 0.6 is 0 Å². The summed E-state index contributed by atoms with van der Waals surface area (Å²) < 4.78 is 16.3. The zero-order valence-electron chi connectivity index (χ0n) is 15.9. The number of hydrogen-bond donors (Lipinski definition) is 0. The van der Waals surface area contributed by atoms with Crippen LogP contribution in [0.5, 0.6) is 17.2 Å². The quantitative estimate of drug-likeness (QED) is 0.403. The number of ether oxygens (including phenoxy) is 3. The molecule has 0 aliphatic heterocycles. The van der Waals surface area contributed by atoms with E-state index < -0.39 is 0 Å². The van der Waals surface area contributed by atoms with E-state index in [0.717, 1.165) is 16.9 Å². The van der Waals surface area contributed by atoms with Crippen molar-refractivity contribution in [3.63, 3.8) is 0 Å². The van der Waals surface area contributed by atoms with Crippen molar-refractivity contribution in [3.8, 4) is 17.2 Å². The Morgan fingerprint density at radius 2 is 1.57 bits per heavy atom. The first-order chi connectivity index (χ1) is 13.7. The second-order valence-corrected chi connectivity index (χ2v) is 6.10. The van der Waals surface area contributed by atoms with Crippen LogP contribution in [0.2, 0.25) is 0 Å². The molecule has 3 rings (SSSR count). The molecular weight excluding hydrogens is 352 g/mol. The number of benzene rings is 3. The maximum absolute atomic E-state index is 12.4. The fourth-order valence-corrected chi connectivity index (χ4v) is 2.67. The molecule has 0 aliphatic rings. The van der Waals surface area contributed by atoms with Gasteiger partial charge in [0.05, 0.1) is 14.2 Å². The molecule has 0 spiro atoms. The molecule has 0 amide bonds. The Bertz CT molecular complexity index is 944. The molecule has 0 bridgehead atoms. The van der Waals surface area contributed by atoms with Crippen LogP contribution < -0.4 is 14.2 Å². The van der Waals surface area contributed by atoms with Crippen LogP contribution in [0.3, 0.4) is 0 Å². The van der Waals surface area contributed by atoms with E-state index in [1.165, 1.54) is 6.08 Å². The number of allylic oxidation sites excluding steroid dienone is 1. The topological polar surface area (TPSA) is 44.8 Å². The van der Waals surface area contributed by atoms with Crippen molar-refractivity contribution in [2.75, 3.05) is 14.2 Å². The van der Waals surface area contributed by atoms with Crippen LogP contribution in [-0.4, -0.2) is 20.0 Å². The third kappa shape index (κ3) is 5.01. The Kier molecular flexibility index (Phi) is 6.47. The standard InChI is InChI=1S/C24H22O4/c1-26-22-14-10-20(24(16-22)27-2)11-15-23(25)19-8-12-21(13-9-19)28-17-18-6-4-3-5-7-18/h3-16H,17H2,1-2H3. The number of rotatable bonds is 8. The zero-order valence-corrected chi connectivity index (χ0v) is 15.9. The van der Waals surface area contributed by atoms with Gasteiger partial charge in [0.1, 0.15) is 23.9 Å². The van der Waals surface area contributed by atoms with Gasteiger partial charge in [-0.05, 0) is 54.1 Å². The molecular formula is C24H22O4. The Morgan fingerprint density at radius 3 is 2.25 bits per heavy atom. The maximum atomic E-state index is 12.4. The summed E-state index contributed by atoms with van der Waals surface area (Å²) >= 11 is 0. The van der Waals surface area contributed by atoms with Gasteiger partial charge in [-0.1, -0.05) is 30.3 Å². The molecule has 0 N–H and O–H groups in total. The van der Waals surface area contributed by atoms with Crippen LogP contribution in [-0.2, 0) is 6.61 Å². The average molecular weight is 374 g/mol.